The zero-order valence-corrected chi connectivity index (χ0v) is 14.0. The number of halogens is 1. The summed E-state index contributed by atoms with van der Waals surface area (Å²) in [7, 11) is 2.21. The van der Waals surface area contributed by atoms with Crippen molar-refractivity contribution in [3.63, 3.8) is 0 Å². The lowest BCUT2D eigenvalue weighted by molar-refractivity contribution is 0.132. The molecule has 2 nitrogen and oxygen atoms in total. The summed E-state index contributed by atoms with van der Waals surface area (Å²) in [6.07, 6.45) is 8.61. The van der Waals surface area contributed by atoms with Gasteiger partial charge in [-0.2, -0.15) is 0 Å². The van der Waals surface area contributed by atoms with Gasteiger partial charge in [-0.3, -0.25) is 0 Å². The summed E-state index contributed by atoms with van der Waals surface area (Å²) >= 11 is 3.46. The number of nitrogens with zero attached hydrogens (tertiary/aromatic N) is 1. The lowest BCUT2D eigenvalue weighted by atomic mass is 10.0. The highest BCUT2D eigenvalue weighted by atomic mass is 79.9. The van der Waals surface area contributed by atoms with Crippen LogP contribution in [-0.2, 0) is 0 Å². The molecular weight excluding hydrogens is 314 g/mol. The molecule has 1 aromatic rings. The van der Waals surface area contributed by atoms with Crippen LogP contribution in [0.5, 0.6) is 0 Å². The number of hydrogen-bond donors (Lipinski definition) is 1. The standard InChI is InChI=1S/C17H26BrNO/c1-19(16-9-4-2-3-5-10-16)12-11-17(20)14-7-6-8-15(18)13-14/h6-8,13,16-17,20H,2-5,9-12H2,1H3. The molecule has 1 aliphatic carbocycles. The summed E-state index contributed by atoms with van der Waals surface area (Å²) in [6.45, 7) is 0.971. The Labute approximate surface area is 131 Å². The average molecular weight is 340 g/mol. The first kappa shape index (κ1) is 16.0. The minimum atomic E-state index is -0.360. The van der Waals surface area contributed by atoms with Crippen molar-refractivity contribution in [3.8, 4) is 0 Å². The molecule has 2 rings (SSSR count). The maximum Gasteiger partial charge on any atom is 0.0802 e. The number of aliphatic hydroxyl groups is 1. The second kappa shape index (κ2) is 8.16. The van der Waals surface area contributed by atoms with Gasteiger partial charge in [-0.1, -0.05) is 53.7 Å². The molecule has 0 radical (unpaired) electrons. The number of rotatable bonds is 5. The first-order valence-corrected chi connectivity index (χ1v) is 8.60. The van der Waals surface area contributed by atoms with Gasteiger partial charge in [0.1, 0.15) is 0 Å². The van der Waals surface area contributed by atoms with E-state index in [1.807, 2.05) is 24.3 Å². The summed E-state index contributed by atoms with van der Waals surface area (Å²) in [4.78, 5) is 2.45. The molecule has 1 fully saturated rings. The van der Waals surface area contributed by atoms with Crippen LogP contribution in [0.3, 0.4) is 0 Å². The fourth-order valence-corrected chi connectivity index (χ4v) is 3.50. The molecule has 1 saturated carbocycles. The van der Waals surface area contributed by atoms with E-state index in [-0.39, 0.29) is 6.10 Å². The van der Waals surface area contributed by atoms with Gasteiger partial charge in [0.15, 0.2) is 0 Å². The molecule has 1 aliphatic rings. The van der Waals surface area contributed by atoms with E-state index >= 15 is 0 Å². The molecule has 1 N–H and O–H groups in total. The van der Waals surface area contributed by atoms with Gasteiger partial charge in [-0.15, -0.1) is 0 Å². The molecule has 112 valence electrons. The Morgan fingerprint density at radius 1 is 1.25 bits per heavy atom. The maximum atomic E-state index is 10.3. The average Bonchev–Trinajstić information content (AvgIpc) is 2.73. The van der Waals surface area contributed by atoms with Crippen LogP contribution in [0, 0.1) is 0 Å². The molecule has 1 aromatic carbocycles. The Morgan fingerprint density at radius 2 is 1.95 bits per heavy atom. The van der Waals surface area contributed by atoms with E-state index in [0.717, 1.165) is 23.0 Å². The summed E-state index contributed by atoms with van der Waals surface area (Å²) < 4.78 is 1.03. The smallest absolute Gasteiger partial charge is 0.0802 e. The third kappa shape index (κ3) is 4.87. The van der Waals surface area contributed by atoms with Crippen molar-refractivity contribution in [2.45, 2.75) is 57.1 Å². The Hall–Kier alpha value is -0.380. The maximum absolute atomic E-state index is 10.3. The Kier molecular flexibility index (Phi) is 6.53. The van der Waals surface area contributed by atoms with Crippen molar-refractivity contribution in [3.05, 3.63) is 34.3 Å². The van der Waals surface area contributed by atoms with Crippen molar-refractivity contribution in [1.29, 1.82) is 0 Å². The van der Waals surface area contributed by atoms with E-state index < -0.39 is 0 Å². The van der Waals surface area contributed by atoms with E-state index in [1.165, 1.54) is 38.5 Å². The highest BCUT2D eigenvalue weighted by Crippen LogP contribution is 2.24. The van der Waals surface area contributed by atoms with Crippen molar-refractivity contribution >= 4 is 15.9 Å². The third-order valence-corrected chi connectivity index (χ3v) is 4.93. The van der Waals surface area contributed by atoms with Crippen LogP contribution in [0.1, 0.15) is 56.6 Å². The predicted molar refractivity (Wildman–Crippen MR) is 87.8 cm³/mol. The Bertz CT molecular complexity index is 402. The quantitative estimate of drug-likeness (QED) is 0.796. The number of benzene rings is 1. The normalized spacial score (nSPS) is 19.0. The van der Waals surface area contributed by atoms with E-state index in [4.69, 9.17) is 0 Å². The van der Waals surface area contributed by atoms with Gasteiger partial charge >= 0.3 is 0 Å². The van der Waals surface area contributed by atoms with Crippen molar-refractivity contribution in [2.75, 3.05) is 13.6 Å². The molecule has 3 heteroatoms. The summed E-state index contributed by atoms with van der Waals surface area (Å²) in [5.74, 6) is 0. The largest absolute Gasteiger partial charge is 0.388 e. The predicted octanol–water partition coefficient (Wildman–Crippen LogP) is 4.53. The third-order valence-electron chi connectivity index (χ3n) is 4.44. The zero-order valence-electron chi connectivity index (χ0n) is 12.4. The van der Waals surface area contributed by atoms with Crippen LogP contribution < -0.4 is 0 Å². The highest BCUT2D eigenvalue weighted by Gasteiger charge is 2.18. The molecule has 0 aliphatic heterocycles. The van der Waals surface area contributed by atoms with Crippen molar-refractivity contribution in [2.24, 2.45) is 0 Å². The Morgan fingerprint density at radius 3 is 2.60 bits per heavy atom. The number of aliphatic hydroxyl groups excluding tert-OH is 1. The second-order valence-electron chi connectivity index (χ2n) is 5.99. The molecule has 1 atom stereocenters. The van der Waals surface area contributed by atoms with Crippen LogP contribution in [-0.4, -0.2) is 29.6 Å². The highest BCUT2D eigenvalue weighted by molar-refractivity contribution is 9.10. The molecule has 1 unspecified atom stereocenters. The van der Waals surface area contributed by atoms with Crippen LogP contribution >= 0.6 is 15.9 Å². The van der Waals surface area contributed by atoms with Crippen LogP contribution in [0.2, 0.25) is 0 Å². The fraction of sp³-hybridized carbons (Fsp3) is 0.647. The summed E-state index contributed by atoms with van der Waals surface area (Å²) in [5, 5.41) is 10.3. The summed E-state index contributed by atoms with van der Waals surface area (Å²) in [6, 6.07) is 8.70. The fourth-order valence-electron chi connectivity index (χ4n) is 3.09. The number of hydrogen-bond acceptors (Lipinski definition) is 2. The van der Waals surface area contributed by atoms with Crippen LogP contribution in [0.25, 0.3) is 0 Å². The molecule has 0 spiro atoms. The van der Waals surface area contributed by atoms with Gasteiger partial charge < -0.3 is 10.0 Å². The SMILES string of the molecule is CN(CCC(O)c1cccc(Br)c1)C1CCCCCC1. The monoisotopic (exact) mass is 339 g/mol. The molecular formula is C17H26BrNO. The minimum Gasteiger partial charge on any atom is -0.388 e. The minimum absolute atomic E-state index is 0.360. The molecule has 20 heavy (non-hydrogen) atoms. The van der Waals surface area contributed by atoms with Crippen molar-refractivity contribution in [1.82, 2.24) is 4.90 Å². The van der Waals surface area contributed by atoms with Crippen LogP contribution in [0.15, 0.2) is 28.7 Å². The topological polar surface area (TPSA) is 23.5 Å². The lowest BCUT2D eigenvalue weighted by Gasteiger charge is -2.28. The van der Waals surface area contributed by atoms with E-state index in [9.17, 15) is 5.11 Å². The van der Waals surface area contributed by atoms with E-state index in [1.54, 1.807) is 0 Å². The summed E-state index contributed by atoms with van der Waals surface area (Å²) in [5.41, 5.74) is 1.01. The van der Waals surface area contributed by atoms with Gasteiger partial charge in [0.05, 0.1) is 6.10 Å². The van der Waals surface area contributed by atoms with Gasteiger partial charge in [0.25, 0.3) is 0 Å². The van der Waals surface area contributed by atoms with E-state index in [0.29, 0.717) is 6.04 Å². The van der Waals surface area contributed by atoms with Gasteiger partial charge in [0.2, 0.25) is 0 Å². The molecule has 0 saturated heterocycles. The lowest BCUT2D eigenvalue weighted by Crippen LogP contribution is -2.32. The van der Waals surface area contributed by atoms with Gasteiger partial charge in [-0.25, -0.2) is 0 Å². The molecule has 0 heterocycles. The molecule has 0 bridgehead atoms. The first-order chi connectivity index (χ1) is 9.66. The zero-order chi connectivity index (χ0) is 14.4. The van der Waals surface area contributed by atoms with Crippen LogP contribution in [0.4, 0.5) is 0 Å². The first-order valence-electron chi connectivity index (χ1n) is 7.80. The van der Waals surface area contributed by atoms with Crippen molar-refractivity contribution < 1.29 is 5.11 Å². The van der Waals surface area contributed by atoms with Gasteiger partial charge in [0, 0.05) is 17.1 Å². The second-order valence-corrected chi connectivity index (χ2v) is 6.90. The van der Waals surface area contributed by atoms with E-state index in [2.05, 4.69) is 27.9 Å². The van der Waals surface area contributed by atoms with Gasteiger partial charge in [-0.05, 0) is 44.0 Å². The molecule has 0 aromatic heterocycles. The molecule has 0 amide bonds. The Balaban J connectivity index is 1.81.